The number of fused-ring (bicyclic) bond motifs is 1. The van der Waals surface area contributed by atoms with Crippen molar-refractivity contribution in [1.29, 1.82) is 0 Å². The second kappa shape index (κ2) is 7.93. The minimum Gasteiger partial charge on any atom is -0.479 e. The topological polar surface area (TPSA) is 106 Å². The van der Waals surface area contributed by atoms with Gasteiger partial charge in [-0.05, 0) is 12.1 Å². The number of anilines is 1. The van der Waals surface area contributed by atoms with Crippen LogP contribution in [0.5, 0.6) is 11.9 Å². The molecule has 2 N–H and O–H groups in total. The molecule has 14 heteroatoms. The molecule has 0 bridgehead atoms. The maximum absolute atomic E-state index is 12.8. The first-order valence-corrected chi connectivity index (χ1v) is 9.52. The van der Waals surface area contributed by atoms with Crippen LogP contribution in [-0.2, 0) is 16.2 Å². The summed E-state index contributed by atoms with van der Waals surface area (Å²) in [5.41, 5.74) is -1.21. The number of hydrogen-bond acceptors (Lipinski definition) is 6. The van der Waals surface area contributed by atoms with E-state index in [4.69, 9.17) is 4.74 Å². The van der Waals surface area contributed by atoms with Crippen LogP contribution in [0.3, 0.4) is 0 Å². The third kappa shape index (κ3) is 4.53. The predicted octanol–water partition coefficient (Wildman–Crippen LogP) is 3.43. The summed E-state index contributed by atoms with van der Waals surface area (Å²) in [6.45, 7) is -0.969. The molecule has 0 spiro atoms. The Labute approximate surface area is 166 Å². The highest BCUT2D eigenvalue weighted by molar-refractivity contribution is 7.93. The summed E-state index contributed by atoms with van der Waals surface area (Å²) in [5, 5.41) is 0.0206. The average Bonchev–Trinajstić information content (AvgIpc) is 3.10. The zero-order valence-electron chi connectivity index (χ0n) is 15.0. The number of halogens is 5. The molecule has 3 rings (SSSR count). The number of alkyl halides is 5. The van der Waals surface area contributed by atoms with Crippen molar-refractivity contribution in [3.8, 4) is 11.9 Å². The van der Waals surface area contributed by atoms with Crippen LogP contribution in [0.25, 0.3) is 10.9 Å². The zero-order valence-corrected chi connectivity index (χ0v) is 15.8. The number of aromatic amines is 1. The number of sulfonamides is 1. The van der Waals surface area contributed by atoms with E-state index in [1.807, 2.05) is 0 Å². The van der Waals surface area contributed by atoms with E-state index in [0.29, 0.717) is 0 Å². The number of benzene rings is 1. The van der Waals surface area contributed by atoms with Crippen LogP contribution in [-0.4, -0.2) is 43.5 Å². The number of nitrogens with one attached hydrogen (secondary N) is 2. The average molecular weight is 452 g/mol. The fourth-order valence-corrected chi connectivity index (χ4v) is 3.70. The van der Waals surface area contributed by atoms with Crippen molar-refractivity contribution < 1.29 is 39.8 Å². The summed E-state index contributed by atoms with van der Waals surface area (Å²) in [4.78, 5) is 9.46. The molecule has 2 heterocycles. The first-order chi connectivity index (χ1) is 14.0. The lowest BCUT2D eigenvalue weighted by atomic mass is 10.1. The van der Waals surface area contributed by atoms with Crippen LogP contribution >= 0.6 is 0 Å². The summed E-state index contributed by atoms with van der Waals surface area (Å²) in [7, 11) is -3.15. The fraction of sp³-hybridized carbons (Fsp3) is 0.250. The number of nitrogens with zero attached hydrogens (tertiary/aromatic N) is 2. The molecule has 0 aliphatic carbocycles. The molecule has 162 valence electrons. The van der Waals surface area contributed by atoms with E-state index in [0.717, 1.165) is 37.7 Å². The highest BCUT2D eigenvalue weighted by Gasteiger charge is 2.31. The Morgan fingerprint density at radius 2 is 2.00 bits per heavy atom. The molecule has 8 nitrogen and oxygen atoms in total. The lowest BCUT2D eigenvalue weighted by Gasteiger charge is -2.12. The van der Waals surface area contributed by atoms with E-state index in [1.54, 1.807) is 0 Å². The largest absolute Gasteiger partial charge is 0.479 e. The van der Waals surface area contributed by atoms with Gasteiger partial charge in [0.25, 0.3) is 16.4 Å². The molecule has 0 radical (unpaired) electrons. The highest BCUT2D eigenvalue weighted by atomic mass is 32.2. The van der Waals surface area contributed by atoms with Crippen molar-refractivity contribution in [3.05, 3.63) is 36.2 Å². The van der Waals surface area contributed by atoms with E-state index < -0.39 is 40.8 Å². The second-order valence-electron chi connectivity index (χ2n) is 5.79. The Morgan fingerprint density at radius 1 is 1.27 bits per heavy atom. The first-order valence-electron chi connectivity index (χ1n) is 8.04. The van der Waals surface area contributed by atoms with Gasteiger partial charge in [-0.2, -0.15) is 18.2 Å². The second-order valence-corrected chi connectivity index (χ2v) is 7.44. The SMILES string of the molecule is COc1nc(OCC(F)F)ncc1NS(=O)(=O)c1c[nH]c2cc(C(F)(F)F)ccc12. The fourth-order valence-electron chi connectivity index (χ4n) is 2.48. The van der Waals surface area contributed by atoms with E-state index >= 15 is 0 Å². The van der Waals surface area contributed by atoms with Gasteiger partial charge in [0.2, 0.25) is 5.88 Å². The van der Waals surface area contributed by atoms with Crippen molar-refractivity contribution in [2.24, 2.45) is 0 Å². The van der Waals surface area contributed by atoms with Crippen LogP contribution in [0, 0.1) is 0 Å². The molecule has 3 aromatic rings. The van der Waals surface area contributed by atoms with Gasteiger partial charge in [0.05, 0.1) is 18.9 Å². The van der Waals surface area contributed by atoms with E-state index in [-0.39, 0.29) is 27.4 Å². The van der Waals surface area contributed by atoms with Crippen molar-refractivity contribution in [1.82, 2.24) is 15.0 Å². The quantitative estimate of drug-likeness (QED) is 0.532. The lowest BCUT2D eigenvalue weighted by molar-refractivity contribution is -0.137. The third-order valence-corrected chi connectivity index (χ3v) is 5.17. The molecular weight excluding hydrogens is 439 g/mol. The van der Waals surface area contributed by atoms with E-state index in [2.05, 4.69) is 24.4 Å². The van der Waals surface area contributed by atoms with Gasteiger partial charge in [-0.1, -0.05) is 6.07 Å². The smallest absolute Gasteiger partial charge is 0.416 e. The number of rotatable bonds is 7. The highest BCUT2D eigenvalue weighted by Crippen LogP contribution is 2.34. The van der Waals surface area contributed by atoms with Crippen LogP contribution < -0.4 is 14.2 Å². The van der Waals surface area contributed by atoms with Gasteiger partial charge in [-0.3, -0.25) is 4.72 Å². The van der Waals surface area contributed by atoms with E-state index in [1.165, 1.54) is 0 Å². The Morgan fingerprint density at radius 3 is 2.63 bits per heavy atom. The molecular formula is C16H13F5N4O4S. The van der Waals surface area contributed by atoms with Crippen LogP contribution in [0.15, 0.2) is 35.5 Å². The zero-order chi connectivity index (χ0) is 22.1. The Balaban J connectivity index is 1.91. The van der Waals surface area contributed by atoms with Crippen molar-refractivity contribution in [3.63, 3.8) is 0 Å². The Hall–Kier alpha value is -3.16. The van der Waals surface area contributed by atoms with Gasteiger partial charge in [0, 0.05) is 17.1 Å². The van der Waals surface area contributed by atoms with Crippen molar-refractivity contribution >= 4 is 26.6 Å². The van der Waals surface area contributed by atoms with Gasteiger partial charge in [0.1, 0.15) is 10.6 Å². The number of methoxy groups -OCH3 is 1. The first kappa shape index (κ1) is 21.5. The molecule has 0 aliphatic heterocycles. The molecule has 0 saturated heterocycles. The van der Waals surface area contributed by atoms with Crippen LogP contribution in [0.4, 0.5) is 27.6 Å². The summed E-state index contributed by atoms with van der Waals surface area (Å²) in [5.74, 6) is -0.308. The minimum atomic E-state index is -4.59. The maximum Gasteiger partial charge on any atom is 0.416 e. The molecule has 0 atom stereocenters. The van der Waals surface area contributed by atoms with Crippen LogP contribution in [0.2, 0.25) is 0 Å². The van der Waals surface area contributed by atoms with E-state index in [9.17, 15) is 30.4 Å². The van der Waals surface area contributed by atoms with Crippen LogP contribution in [0.1, 0.15) is 5.56 Å². The number of ether oxygens (including phenoxy) is 2. The maximum atomic E-state index is 12.8. The minimum absolute atomic E-state index is 0.0206. The number of aromatic nitrogens is 3. The summed E-state index contributed by atoms with van der Waals surface area (Å²) >= 11 is 0. The van der Waals surface area contributed by atoms with Gasteiger partial charge in [0.15, 0.2) is 6.61 Å². The molecule has 1 aromatic carbocycles. The van der Waals surface area contributed by atoms with Crippen molar-refractivity contribution in [2.75, 3.05) is 18.4 Å². The molecule has 0 fully saturated rings. The Bertz CT molecular complexity index is 1160. The predicted molar refractivity (Wildman–Crippen MR) is 94.2 cm³/mol. The molecule has 2 aromatic heterocycles. The van der Waals surface area contributed by atoms with Gasteiger partial charge in [-0.25, -0.2) is 22.2 Å². The molecule has 0 aliphatic rings. The standard InChI is InChI=1S/C16H13F5N4O4S/c1-28-14-11(5-23-15(24-14)29-7-13(17)18)25-30(26,27)12-6-22-10-4-8(16(19,20)21)2-3-9(10)12/h2-6,13,22,25H,7H2,1H3. The Kier molecular flexibility index (Phi) is 5.70. The van der Waals surface area contributed by atoms with Crippen molar-refractivity contribution in [2.45, 2.75) is 17.5 Å². The summed E-state index contributed by atoms with van der Waals surface area (Å²) < 4.78 is 100. The van der Waals surface area contributed by atoms with Gasteiger partial charge in [-0.15, -0.1) is 0 Å². The third-order valence-electron chi connectivity index (χ3n) is 3.77. The molecule has 30 heavy (non-hydrogen) atoms. The molecule has 0 unspecified atom stereocenters. The monoisotopic (exact) mass is 452 g/mol. The number of hydrogen-bond donors (Lipinski definition) is 2. The molecule has 0 saturated carbocycles. The summed E-state index contributed by atoms with van der Waals surface area (Å²) in [6, 6.07) is 2.11. The normalized spacial score (nSPS) is 12.4. The van der Waals surface area contributed by atoms with Gasteiger partial charge < -0.3 is 14.5 Å². The van der Waals surface area contributed by atoms with Gasteiger partial charge >= 0.3 is 12.2 Å². The molecule has 0 amide bonds. The number of H-pyrrole nitrogens is 1. The summed E-state index contributed by atoms with van der Waals surface area (Å²) in [6.07, 6.45) is -5.38. The lowest BCUT2D eigenvalue weighted by Crippen LogP contribution is -2.15.